The first-order chi connectivity index (χ1) is 13.3. The molecule has 0 bridgehead atoms. The Labute approximate surface area is 162 Å². The van der Waals surface area contributed by atoms with Gasteiger partial charge in [-0.25, -0.2) is 4.98 Å². The summed E-state index contributed by atoms with van der Waals surface area (Å²) in [6.07, 6.45) is 4.56. The Morgan fingerprint density at radius 1 is 0.963 bits per heavy atom. The number of benzene rings is 2. The predicted molar refractivity (Wildman–Crippen MR) is 110 cm³/mol. The van der Waals surface area contributed by atoms with Gasteiger partial charge < -0.3 is 5.32 Å². The molecule has 0 atom stereocenters. The highest BCUT2D eigenvalue weighted by Gasteiger charge is 2.10. The molecule has 1 N–H and O–H groups in total. The number of imidazole rings is 1. The maximum absolute atomic E-state index is 12.5. The van der Waals surface area contributed by atoms with Crippen LogP contribution in [0.2, 0.25) is 0 Å². The largest absolute Gasteiger partial charge is 0.325 e. The first-order valence-corrected chi connectivity index (χ1v) is 9.75. The zero-order valence-electron chi connectivity index (χ0n) is 14.7. The summed E-state index contributed by atoms with van der Waals surface area (Å²) < 4.78 is 1.99. The van der Waals surface area contributed by atoms with Crippen molar-refractivity contribution in [1.29, 1.82) is 0 Å². The van der Waals surface area contributed by atoms with Crippen LogP contribution >= 0.6 is 11.8 Å². The number of nitrogens with one attached hydrogen (secondary N) is 1. The lowest BCUT2D eigenvalue weighted by Crippen LogP contribution is -2.15. The van der Waals surface area contributed by atoms with Crippen LogP contribution in [0, 0.1) is 0 Å². The highest BCUT2D eigenvalue weighted by molar-refractivity contribution is 7.99. The number of nitrogens with zero attached hydrogens (tertiary/aromatic N) is 2. The predicted octanol–water partition coefficient (Wildman–Crippen LogP) is 4.66. The van der Waals surface area contributed by atoms with Crippen LogP contribution in [0.5, 0.6) is 0 Å². The van der Waals surface area contributed by atoms with Crippen molar-refractivity contribution < 1.29 is 4.79 Å². The lowest BCUT2D eigenvalue weighted by molar-refractivity contribution is -0.113. The second-order valence-corrected chi connectivity index (χ2v) is 7.14. The highest BCUT2D eigenvalue weighted by atomic mass is 32.2. The molecular weight excluding hydrogens is 354 g/mol. The van der Waals surface area contributed by atoms with Gasteiger partial charge in [-0.15, -0.1) is 0 Å². The molecule has 0 radical (unpaired) electrons. The highest BCUT2D eigenvalue weighted by Crippen LogP contribution is 2.21. The van der Waals surface area contributed by atoms with E-state index in [1.807, 2.05) is 71.4 Å². The molecule has 0 fully saturated rings. The van der Waals surface area contributed by atoms with E-state index in [1.54, 1.807) is 0 Å². The van der Waals surface area contributed by atoms with E-state index in [2.05, 4.69) is 28.5 Å². The number of hydrogen-bond acceptors (Lipinski definition) is 3. The first kappa shape index (κ1) is 17.4. The van der Waals surface area contributed by atoms with E-state index in [1.165, 1.54) is 17.3 Å². The van der Waals surface area contributed by atoms with E-state index in [-0.39, 0.29) is 5.91 Å². The number of carbonyl (C=O) groups is 1. The van der Waals surface area contributed by atoms with Gasteiger partial charge in [0.2, 0.25) is 5.91 Å². The molecule has 134 valence electrons. The van der Waals surface area contributed by atoms with Crippen molar-refractivity contribution in [2.45, 2.75) is 11.6 Å². The fourth-order valence-corrected chi connectivity index (χ4v) is 3.72. The fourth-order valence-electron chi connectivity index (χ4n) is 2.95. The monoisotopic (exact) mass is 373 g/mol. The van der Waals surface area contributed by atoms with E-state index < -0.39 is 0 Å². The molecule has 4 aromatic rings. The number of aromatic nitrogens is 2. The molecule has 1 amide bonds. The summed E-state index contributed by atoms with van der Waals surface area (Å²) >= 11 is 1.43. The zero-order valence-corrected chi connectivity index (χ0v) is 15.5. The minimum absolute atomic E-state index is 0.0341. The summed E-state index contributed by atoms with van der Waals surface area (Å²) in [6.45, 7) is 0. The molecule has 2 heterocycles. The molecule has 0 aliphatic rings. The summed E-state index contributed by atoms with van der Waals surface area (Å²) in [5.74, 6) is 0.279. The van der Waals surface area contributed by atoms with Gasteiger partial charge in [0.15, 0.2) is 5.16 Å². The SMILES string of the molecule is O=C(CSc1ncc2ccccn12)Nc1ccccc1Cc1ccccc1. The van der Waals surface area contributed by atoms with Gasteiger partial charge in [0.05, 0.1) is 17.5 Å². The third kappa shape index (κ3) is 4.20. The average molecular weight is 373 g/mol. The second kappa shape index (κ2) is 8.10. The van der Waals surface area contributed by atoms with Crippen molar-refractivity contribution >= 4 is 28.9 Å². The Balaban J connectivity index is 1.42. The maximum Gasteiger partial charge on any atom is 0.234 e. The number of pyridine rings is 1. The summed E-state index contributed by atoms with van der Waals surface area (Å²) in [6, 6.07) is 24.1. The van der Waals surface area contributed by atoms with Crippen LogP contribution in [0.1, 0.15) is 11.1 Å². The molecule has 0 aliphatic heterocycles. The van der Waals surface area contributed by atoms with Gasteiger partial charge in [-0.05, 0) is 35.7 Å². The molecule has 0 aliphatic carbocycles. The minimum atomic E-state index is -0.0341. The van der Waals surface area contributed by atoms with Crippen molar-refractivity contribution in [2.24, 2.45) is 0 Å². The van der Waals surface area contributed by atoms with Crippen LogP contribution in [0.3, 0.4) is 0 Å². The number of carbonyl (C=O) groups excluding carboxylic acids is 1. The minimum Gasteiger partial charge on any atom is -0.325 e. The van der Waals surface area contributed by atoms with Crippen LogP contribution < -0.4 is 5.32 Å². The number of hydrogen-bond donors (Lipinski definition) is 1. The maximum atomic E-state index is 12.5. The smallest absolute Gasteiger partial charge is 0.234 e. The second-order valence-electron chi connectivity index (χ2n) is 6.19. The quantitative estimate of drug-likeness (QED) is 0.500. The molecular formula is C22H19N3OS. The standard InChI is InChI=1S/C22H19N3OS/c26-21(16-27-22-23-15-19-11-6-7-13-25(19)22)24-20-12-5-4-10-18(20)14-17-8-2-1-3-9-17/h1-13,15H,14,16H2,(H,24,26). The van der Waals surface area contributed by atoms with Gasteiger partial charge in [0.25, 0.3) is 0 Å². The summed E-state index contributed by atoms with van der Waals surface area (Å²) in [5, 5.41) is 3.86. The third-order valence-corrected chi connectivity index (χ3v) is 5.23. The van der Waals surface area contributed by atoms with Crippen molar-refractivity contribution in [3.63, 3.8) is 0 Å². The Morgan fingerprint density at radius 3 is 2.63 bits per heavy atom. The lowest BCUT2D eigenvalue weighted by Gasteiger charge is -2.11. The first-order valence-electron chi connectivity index (χ1n) is 8.76. The van der Waals surface area contributed by atoms with E-state index in [4.69, 9.17) is 0 Å². The van der Waals surface area contributed by atoms with Crippen LogP contribution in [0.4, 0.5) is 5.69 Å². The molecule has 27 heavy (non-hydrogen) atoms. The zero-order chi connectivity index (χ0) is 18.5. The van der Waals surface area contributed by atoms with Crippen LogP contribution in [0.15, 0.2) is 90.3 Å². The number of anilines is 1. The molecule has 0 unspecified atom stereocenters. The lowest BCUT2D eigenvalue weighted by atomic mass is 10.0. The van der Waals surface area contributed by atoms with Crippen LogP contribution in [0.25, 0.3) is 5.52 Å². The summed E-state index contributed by atoms with van der Waals surface area (Å²) in [5.41, 5.74) is 4.21. The third-order valence-electron chi connectivity index (χ3n) is 4.27. The van der Waals surface area contributed by atoms with Gasteiger partial charge in [-0.3, -0.25) is 9.20 Å². The number of rotatable bonds is 6. The Kier molecular flexibility index (Phi) is 5.21. The van der Waals surface area contributed by atoms with E-state index in [9.17, 15) is 4.79 Å². The molecule has 2 aromatic heterocycles. The van der Waals surface area contributed by atoms with E-state index >= 15 is 0 Å². The fraction of sp³-hybridized carbons (Fsp3) is 0.0909. The Bertz CT molecular complexity index is 1060. The number of amides is 1. The van der Waals surface area contributed by atoms with Gasteiger partial charge in [-0.1, -0.05) is 66.4 Å². The van der Waals surface area contributed by atoms with Crippen molar-refractivity contribution in [1.82, 2.24) is 9.38 Å². The Morgan fingerprint density at radius 2 is 1.74 bits per heavy atom. The number of fused-ring (bicyclic) bond motifs is 1. The van der Waals surface area contributed by atoms with E-state index in [0.717, 1.165) is 28.3 Å². The average Bonchev–Trinajstić information content (AvgIpc) is 3.12. The van der Waals surface area contributed by atoms with Crippen LogP contribution in [-0.4, -0.2) is 21.0 Å². The number of thioether (sulfide) groups is 1. The molecule has 0 saturated carbocycles. The van der Waals surface area contributed by atoms with Gasteiger partial charge >= 0.3 is 0 Å². The summed E-state index contributed by atoms with van der Waals surface area (Å²) in [7, 11) is 0. The van der Waals surface area contributed by atoms with Crippen molar-refractivity contribution in [3.8, 4) is 0 Å². The van der Waals surface area contributed by atoms with Crippen molar-refractivity contribution in [2.75, 3.05) is 11.1 Å². The molecule has 5 heteroatoms. The number of para-hydroxylation sites is 1. The Hall–Kier alpha value is -3.05. The molecule has 4 nitrogen and oxygen atoms in total. The molecule has 2 aromatic carbocycles. The normalized spacial score (nSPS) is 10.8. The molecule has 0 saturated heterocycles. The van der Waals surface area contributed by atoms with Gasteiger partial charge in [-0.2, -0.15) is 0 Å². The van der Waals surface area contributed by atoms with Crippen molar-refractivity contribution in [3.05, 3.63) is 96.3 Å². The molecule has 0 spiro atoms. The van der Waals surface area contributed by atoms with Gasteiger partial charge in [0, 0.05) is 11.9 Å². The topological polar surface area (TPSA) is 46.4 Å². The molecule has 4 rings (SSSR count). The summed E-state index contributed by atoms with van der Waals surface area (Å²) in [4.78, 5) is 16.9. The van der Waals surface area contributed by atoms with Gasteiger partial charge in [0.1, 0.15) is 0 Å². The van der Waals surface area contributed by atoms with E-state index in [0.29, 0.717) is 5.75 Å². The van der Waals surface area contributed by atoms with Crippen LogP contribution in [-0.2, 0) is 11.2 Å².